The van der Waals surface area contributed by atoms with Crippen LogP contribution in [0, 0.1) is 3.57 Å². The van der Waals surface area contributed by atoms with Crippen molar-refractivity contribution in [2.45, 2.75) is 13.5 Å². The van der Waals surface area contributed by atoms with Gasteiger partial charge in [0, 0.05) is 18.4 Å². The summed E-state index contributed by atoms with van der Waals surface area (Å²) in [6, 6.07) is 9.06. The minimum Gasteiger partial charge on any atom is -0.321 e. The molecule has 9 heteroatoms. The molecule has 2 aromatic heterocycles. The first-order chi connectivity index (χ1) is 12.1. The summed E-state index contributed by atoms with van der Waals surface area (Å²) >= 11 is 2.01. The number of amides is 2. The number of carbonyl (C=O) groups is 2. The molecule has 0 aliphatic rings. The number of aromatic amines is 1. The van der Waals surface area contributed by atoms with Gasteiger partial charge in [-0.3, -0.25) is 19.4 Å². The third-order valence-corrected chi connectivity index (χ3v) is 4.22. The van der Waals surface area contributed by atoms with Crippen molar-refractivity contribution < 1.29 is 9.59 Å². The lowest BCUT2D eigenvalue weighted by Gasteiger charge is -2.06. The Balaban J connectivity index is 1.84. The number of hydrogen-bond acceptors (Lipinski definition) is 4. The van der Waals surface area contributed by atoms with E-state index in [1.165, 1.54) is 0 Å². The van der Waals surface area contributed by atoms with Crippen LogP contribution in [0.3, 0.4) is 0 Å². The summed E-state index contributed by atoms with van der Waals surface area (Å²) < 4.78 is 2.28. The normalized spacial score (nSPS) is 10.5. The van der Waals surface area contributed by atoms with E-state index >= 15 is 0 Å². The summed E-state index contributed by atoms with van der Waals surface area (Å²) in [4.78, 5) is 24.9. The predicted octanol–water partition coefficient (Wildman–Crippen LogP) is 2.74. The average molecular weight is 450 g/mol. The summed E-state index contributed by atoms with van der Waals surface area (Å²) in [5.41, 5.74) is 1.47. The van der Waals surface area contributed by atoms with Crippen molar-refractivity contribution in [2.75, 3.05) is 10.6 Å². The van der Waals surface area contributed by atoms with Crippen molar-refractivity contribution in [3.63, 3.8) is 0 Å². The van der Waals surface area contributed by atoms with Crippen molar-refractivity contribution in [2.24, 2.45) is 0 Å². The van der Waals surface area contributed by atoms with Crippen LogP contribution in [0.4, 0.5) is 11.4 Å². The van der Waals surface area contributed by atoms with E-state index in [1.807, 2.05) is 47.7 Å². The van der Waals surface area contributed by atoms with Gasteiger partial charge in [-0.05, 0) is 41.6 Å². The Morgan fingerprint density at radius 1 is 1.20 bits per heavy atom. The fourth-order valence-corrected chi connectivity index (χ4v) is 2.67. The van der Waals surface area contributed by atoms with Gasteiger partial charge >= 0.3 is 0 Å². The van der Waals surface area contributed by atoms with Gasteiger partial charge in [-0.1, -0.05) is 18.2 Å². The standard InChI is InChI=1S/C16H15IN6O2/c1-2-23-9-12(20-15(24)13-11(17)8-18-21-13)14(22-23)16(25)19-10-6-4-3-5-7-10/h3-9H,2H2,1H3,(H,18,21)(H,19,25)(H,20,24). The molecule has 0 bridgehead atoms. The smallest absolute Gasteiger partial charge is 0.278 e. The topological polar surface area (TPSA) is 105 Å². The van der Waals surface area contributed by atoms with Crippen molar-refractivity contribution in [3.05, 3.63) is 57.7 Å². The van der Waals surface area contributed by atoms with Gasteiger partial charge in [0.2, 0.25) is 0 Å². The fourth-order valence-electron chi connectivity index (χ4n) is 2.17. The molecule has 3 aromatic rings. The Morgan fingerprint density at radius 3 is 2.60 bits per heavy atom. The van der Waals surface area contributed by atoms with Crippen LogP contribution in [-0.2, 0) is 6.54 Å². The highest BCUT2D eigenvalue weighted by Crippen LogP contribution is 2.18. The Hall–Kier alpha value is -2.69. The zero-order chi connectivity index (χ0) is 17.8. The number of hydrogen-bond donors (Lipinski definition) is 3. The Labute approximate surface area is 157 Å². The SMILES string of the molecule is CCn1cc(NC(=O)c2[nH]ncc2I)c(C(=O)Nc2ccccc2)n1. The number of nitrogens with one attached hydrogen (secondary N) is 3. The first-order valence-electron chi connectivity index (χ1n) is 7.52. The Morgan fingerprint density at radius 2 is 1.96 bits per heavy atom. The fraction of sp³-hybridized carbons (Fsp3) is 0.125. The van der Waals surface area contributed by atoms with Gasteiger partial charge < -0.3 is 10.6 Å². The second-order valence-electron chi connectivity index (χ2n) is 5.11. The van der Waals surface area contributed by atoms with E-state index in [-0.39, 0.29) is 11.6 Å². The van der Waals surface area contributed by atoms with Gasteiger partial charge in [-0.15, -0.1) is 0 Å². The number of nitrogens with zero attached hydrogens (tertiary/aromatic N) is 3. The molecule has 25 heavy (non-hydrogen) atoms. The number of carbonyl (C=O) groups excluding carboxylic acids is 2. The number of H-pyrrole nitrogens is 1. The van der Waals surface area contributed by atoms with E-state index < -0.39 is 5.91 Å². The summed E-state index contributed by atoms with van der Waals surface area (Å²) in [7, 11) is 0. The van der Waals surface area contributed by atoms with Crippen LogP contribution < -0.4 is 10.6 Å². The third kappa shape index (κ3) is 3.87. The molecule has 0 saturated carbocycles. The lowest BCUT2D eigenvalue weighted by atomic mass is 10.3. The van der Waals surface area contributed by atoms with Crippen LogP contribution >= 0.6 is 22.6 Å². The molecule has 0 radical (unpaired) electrons. The molecule has 0 fully saturated rings. The number of benzene rings is 1. The minimum atomic E-state index is -0.395. The lowest BCUT2D eigenvalue weighted by molar-refractivity contribution is 0.102. The largest absolute Gasteiger partial charge is 0.321 e. The van der Waals surface area contributed by atoms with Gasteiger partial charge in [0.25, 0.3) is 11.8 Å². The maximum atomic E-state index is 12.5. The van der Waals surface area contributed by atoms with Gasteiger partial charge in [0.1, 0.15) is 5.69 Å². The van der Waals surface area contributed by atoms with Crippen LogP contribution in [0.2, 0.25) is 0 Å². The second kappa shape index (κ2) is 7.47. The van der Waals surface area contributed by atoms with E-state index in [2.05, 4.69) is 25.9 Å². The lowest BCUT2D eigenvalue weighted by Crippen LogP contribution is -2.18. The molecule has 3 rings (SSSR count). The molecule has 3 N–H and O–H groups in total. The van der Waals surface area contributed by atoms with Crippen LogP contribution in [0.25, 0.3) is 0 Å². The Bertz CT molecular complexity index is 903. The van der Waals surface area contributed by atoms with E-state index in [4.69, 9.17) is 0 Å². The summed E-state index contributed by atoms with van der Waals surface area (Å²) in [5, 5.41) is 16.2. The van der Waals surface area contributed by atoms with Crippen molar-refractivity contribution in [1.82, 2.24) is 20.0 Å². The monoisotopic (exact) mass is 450 g/mol. The number of para-hydroxylation sites is 1. The average Bonchev–Trinajstić information content (AvgIpc) is 3.21. The van der Waals surface area contributed by atoms with Crippen LogP contribution in [-0.4, -0.2) is 31.8 Å². The first-order valence-corrected chi connectivity index (χ1v) is 8.60. The summed E-state index contributed by atoms with van der Waals surface area (Å²) in [5.74, 6) is -0.778. The van der Waals surface area contributed by atoms with Gasteiger partial charge in [0.15, 0.2) is 5.69 Å². The van der Waals surface area contributed by atoms with Crippen LogP contribution in [0.1, 0.15) is 27.9 Å². The summed E-state index contributed by atoms with van der Waals surface area (Å²) in [6.07, 6.45) is 3.18. The summed E-state index contributed by atoms with van der Waals surface area (Å²) in [6.45, 7) is 2.47. The predicted molar refractivity (Wildman–Crippen MR) is 102 cm³/mol. The molecule has 0 saturated heterocycles. The van der Waals surface area contributed by atoms with Gasteiger partial charge in [0.05, 0.1) is 15.5 Å². The Kier molecular flexibility index (Phi) is 5.12. The van der Waals surface area contributed by atoms with E-state index in [0.29, 0.717) is 27.2 Å². The molecule has 0 aliphatic heterocycles. The molecule has 1 aromatic carbocycles. The number of aryl methyl sites for hydroxylation is 1. The van der Waals surface area contributed by atoms with Crippen molar-refractivity contribution in [3.8, 4) is 0 Å². The first kappa shape index (κ1) is 17.1. The van der Waals surface area contributed by atoms with Gasteiger partial charge in [-0.2, -0.15) is 10.2 Å². The number of anilines is 2. The number of rotatable bonds is 5. The maximum Gasteiger partial charge on any atom is 0.278 e. The molecule has 0 atom stereocenters. The molecular formula is C16H15IN6O2. The molecule has 2 amide bonds. The maximum absolute atomic E-state index is 12.5. The highest BCUT2D eigenvalue weighted by molar-refractivity contribution is 14.1. The molecule has 0 spiro atoms. The highest BCUT2D eigenvalue weighted by Gasteiger charge is 2.20. The molecule has 128 valence electrons. The molecule has 2 heterocycles. The quantitative estimate of drug-likeness (QED) is 0.520. The van der Waals surface area contributed by atoms with Crippen molar-refractivity contribution >= 4 is 45.8 Å². The molecule has 0 unspecified atom stereocenters. The molecular weight excluding hydrogens is 435 g/mol. The molecule has 8 nitrogen and oxygen atoms in total. The van der Waals surface area contributed by atoms with Crippen LogP contribution in [0.5, 0.6) is 0 Å². The zero-order valence-corrected chi connectivity index (χ0v) is 15.4. The van der Waals surface area contributed by atoms with E-state index in [0.717, 1.165) is 0 Å². The second-order valence-corrected chi connectivity index (χ2v) is 6.28. The van der Waals surface area contributed by atoms with Gasteiger partial charge in [-0.25, -0.2) is 0 Å². The van der Waals surface area contributed by atoms with E-state index in [1.54, 1.807) is 29.2 Å². The number of aromatic nitrogens is 4. The van der Waals surface area contributed by atoms with Crippen LogP contribution in [0.15, 0.2) is 42.7 Å². The van der Waals surface area contributed by atoms with E-state index in [9.17, 15) is 9.59 Å². The number of halogens is 1. The molecule has 0 aliphatic carbocycles. The minimum absolute atomic E-state index is 0.147. The third-order valence-electron chi connectivity index (χ3n) is 3.40. The highest BCUT2D eigenvalue weighted by atomic mass is 127. The zero-order valence-electron chi connectivity index (χ0n) is 13.3. The van der Waals surface area contributed by atoms with Crippen molar-refractivity contribution in [1.29, 1.82) is 0 Å².